The van der Waals surface area contributed by atoms with Crippen molar-refractivity contribution in [3.8, 4) is 0 Å². The summed E-state index contributed by atoms with van der Waals surface area (Å²) in [7, 11) is 0. The predicted molar refractivity (Wildman–Crippen MR) is 150 cm³/mol. The third-order valence-corrected chi connectivity index (χ3v) is 11.1. The van der Waals surface area contributed by atoms with Crippen molar-refractivity contribution < 1.29 is 41.9 Å². The molecule has 5 amide bonds. The molecule has 1 spiro atoms. The van der Waals surface area contributed by atoms with Crippen molar-refractivity contribution in [1.82, 2.24) is 20.9 Å². The van der Waals surface area contributed by atoms with E-state index in [1.165, 1.54) is 4.90 Å². The summed E-state index contributed by atoms with van der Waals surface area (Å²) in [5.41, 5.74) is 3.45. The Morgan fingerprint density at radius 1 is 1.09 bits per heavy atom. The molecule has 0 aromatic rings. The van der Waals surface area contributed by atoms with Crippen molar-refractivity contribution in [1.29, 1.82) is 0 Å². The number of likely N-dealkylation sites (tertiary alicyclic amines) is 1. The van der Waals surface area contributed by atoms with Gasteiger partial charge in [-0.15, -0.1) is 0 Å². The van der Waals surface area contributed by atoms with Gasteiger partial charge in [-0.25, -0.2) is 4.79 Å². The van der Waals surface area contributed by atoms with Gasteiger partial charge in [0.2, 0.25) is 29.7 Å². The van der Waals surface area contributed by atoms with Gasteiger partial charge in [-0.05, 0) is 55.3 Å². The molecule has 7 atom stereocenters. The average Bonchev–Trinajstić information content (AvgIpc) is 3.83. The lowest BCUT2D eigenvalue weighted by atomic mass is 9.84. The standard InChI is InChI=1S/C30H44F3N5O6/c1-26(2,3)18(36-25(43)44-20(14-7-8-14)30(31,32)33)24(42)38-13-17-27(4,5)28(17,6)19(38)23(41)35-16(21(34)39)11-15-12-29(9-10-29)37-22(15)40/h14-20H,7-13H2,1-6H3,(H2,34,39)(H,35,41)(H,36,43)(H,37,40)/t15-,16+,17-,18-,19-,20?,28?/m1/s1. The number of rotatable bonds is 9. The largest absolute Gasteiger partial charge is 0.436 e. The summed E-state index contributed by atoms with van der Waals surface area (Å²) in [4.78, 5) is 67.2. The minimum Gasteiger partial charge on any atom is -0.436 e. The number of carbonyl (C=O) groups is 5. The van der Waals surface area contributed by atoms with Gasteiger partial charge in [0, 0.05) is 29.3 Å². The maximum Gasteiger partial charge on any atom is 0.425 e. The van der Waals surface area contributed by atoms with Crippen LogP contribution in [0.5, 0.6) is 0 Å². The lowest BCUT2D eigenvalue weighted by Gasteiger charge is -2.39. The van der Waals surface area contributed by atoms with Crippen molar-refractivity contribution >= 4 is 29.7 Å². The molecule has 14 heteroatoms. The number of nitrogens with zero attached hydrogens (tertiary/aromatic N) is 1. The van der Waals surface area contributed by atoms with Gasteiger partial charge in [0.15, 0.2) is 0 Å². The smallest absolute Gasteiger partial charge is 0.425 e. The Morgan fingerprint density at radius 2 is 1.70 bits per heavy atom. The molecule has 2 aliphatic heterocycles. The van der Waals surface area contributed by atoms with E-state index in [1.54, 1.807) is 20.8 Å². The first kappa shape index (κ1) is 32.3. The van der Waals surface area contributed by atoms with Crippen LogP contribution in [-0.4, -0.2) is 77.1 Å². The third-order valence-electron chi connectivity index (χ3n) is 11.1. The first-order valence-corrected chi connectivity index (χ1v) is 15.4. The summed E-state index contributed by atoms with van der Waals surface area (Å²) >= 11 is 0. The summed E-state index contributed by atoms with van der Waals surface area (Å²) in [5, 5.41) is 8.05. The monoisotopic (exact) mass is 627 g/mol. The van der Waals surface area contributed by atoms with E-state index >= 15 is 0 Å². The van der Waals surface area contributed by atoms with E-state index in [0.29, 0.717) is 6.42 Å². The van der Waals surface area contributed by atoms with Crippen molar-refractivity contribution in [3.63, 3.8) is 0 Å². The van der Waals surface area contributed by atoms with Crippen LogP contribution in [0, 0.1) is 34.0 Å². The molecule has 2 heterocycles. The SMILES string of the molecule is CC(C)(C)[C@H](NC(=O)OC(C1CC1)C(F)(F)F)C(=O)N1C[C@@H]2C(C)(C)C2(C)[C@H]1C(=O)N[C@@H](C[C@@H]1CC2(CC2)NC1=O)C(N)=O. The molecule has 5 fully saturated rings. The zero-order valence-electron chi connectivity index (χ0n) is 26.1. The van der Waals surface area contributed by atoms with Crippen molar-refractivity contribution in [3.05, 3.63) is 0 Å². The Balaban J connectivity index is 1.34. The molecule has 5 rings (SSSR count). The number of fused-ring (bicyclic) bond motifs is 1. The number of nitrogens with one attached hydrogen (secondary N) is 3. The fourth-order valence-electron chi connectivity index (χ4n) is 7.70. The molecule has 3 saturated carbocycles. The predicted octanol–water partition coefficient (Wildman–Crippen LogP) is 2.37. The minimum absolute atomic E-state index is 0.0260. The lowest BCUT2D eigenvalue weighted by Crippen LogP contribution is -2.62. The van der Waals surface area contributed by atoms with Gasteiger partial charge < -0.3 is 31.3 Å². The van der Waals surface area contributed by atoms with Crippen LogP contribution in [0.3, 0.4) is 0 Å². The van der Waals surface area contributed by atoms with E-state index in [-0.39, 0.29) is 48.6 Å². The van der Waals surface area contributed by atoms with Crippen LogP contribution in [0.25, 0.3) is 0 Å². The summed E-state index contributed by atoms with van der Waals surface area (Å²) in [6, 6.07) is -3.52. The van der Waals surface area contributed by atoms with Crippen molar-refractivity contribution in [2.75, 3.05) is 6.54 Å². The molecule has 0 aromatic carbocycles. The molecule has 5 aliphatic rings. The number of alkyl halides is 3. The molecule has 11 nitrogen and oxygen atoms in total. The molecule has 2 saturated heterocycles. The van der Waals surface area contributed by atoms with Crippen molar-refractivity contribution in [2.45, 2.75) is 116 Å². The van der Waals surface area contributed by atoms with Gasteiger partial charge in [-0.3, -0.25) is 19.2 Å². The number of nitrogens with two attached hydrogens (primary N) is 1. The van der Waals surface area contributed by atoms with Crippen LogP contribution in [0.1, 0.15) is 80.1 Å². The quantitative estimate of drug-likeness (QED) is 0.307. The van der Waals surface area contributed by atoms with Crippen LogP contribution in [0.4, 0.5) is 18.0 Å². The van der Waals surface area contributed by atoms with Gasteiger partial charge in [0.1, 0.15) is 18.1 Å². The highest BCUT2D eigenvalue weighted by Crippen LogP contribution is 2.74. The van der Waals surface area contributed by atoms with Gasteiger partial charge >= 0.3 is 12.3 Å². The number of alkyl carbamates (subject to hydrolysis) is 1. The molecule has 44 heavy (non-hydrogen) atoms. The number of piperidine rings is 1. The second-order valence-corrected chi connectivity index (χ2v) is 15.5. The molecular weight excluding hydrogens is 583 g/mol. The maximum atomic E-state index is 14.1. The highest BCUT2D eigenvalue weighted by atomic mass is 19.4. The van der Waals surface area contributed by atoms with E-state index in [1.807, 2.05) is 20.8 Å². The Morgan fingerprint density at radius 3 is 2.18 bits per heavy atom. The fraction of sp³-hybridized carbons (Fsp3) is 0.833. The molecule has 0 radical (unpaired) electrons. The zero-order chi connectivity index (χ0) is 32.8. The van der Waals surface area contributed by atoms with Crippen LogP contribution in [-0.2, 0) is 23.9 Å². The summed E-state index contributed by atoms with van der Waals surface area (Å²) < 4.78 is 45.4. The normalized spacial score (nSPS) is 31.8. The Labute approximate surface area is 254 Å². The maximum absolute atomic E-state index is 14.1. The summed E-state index contributed by atoms with van der Waals surface area (Å²) in [6.45, 7) is 11.0. The number of carbonyl (C=O) groups excluding carboxylic acids is 5. The molecule has 5 N–H and O–H groups in total. The zero-order valence-corrected chi connectivity index (χ0v) is 26.1. The second kappa shape index (κ2) is 10.2. The van der Waals surface area contributed by atoms with Crippen LogP contribution >= 0.6 is 0 Å². The topological polar surface area (TPSA) is 160 Å². The van der Waals surface area contributed by atoms with Crippen molar-refractivity contribution in [2.24, 2.45) is 39.7 Å². The molecular formula is C30H44F3N5O6. The van der Waals surface area contributed by atoms with E-state index < -0.39 is 76.9 Å². The van der Waals surface area contributed by atoms with E-state index in [2.05, 4.69) is 16.0 Å². The molecule has 0 aromatic heterocycles. The first-order chi connectivity index (χ1) is 20.1. The second-order valence-electron chi connectivity index (χ2n) is 15.5. The van der Waals surface area contributed by atoms with Gasteiger partial charge in [0.25, 0.3) is 0 Å². The first-order valence-electron chi connectivity index (χ1n) is 15.4. The molecule has 246 valence electrons. The number of ether oxygens (including phenoxy) is 1. The Hall–Kier alpha value is -3.06. The molecule has 3 aliphatic carbocycles. The number of halogens is 3. The van der Waals surface area contributed by atoms with E-state index in [9.17, 15) is 37.1 Å². The number of amides is 5. The van der Waals surface area contributed by atoms with E-state index in [4.69, 9.17) is 10.5 Å². The van der Waals surface area contributed by atoms with Crippen LogP contribution in [0.2, 0.25) is 0 Å². The third kappa shape index (κ3) is 5.61. The fourth-order valence-corrected chi connectivity index (χ4v) is 7.70. The van der Waals surface area contributed by atoms with Crippen LogP contribution < -0.4 is 21.7 Å². The average molecular weight is 628 g/mol. The number of hydrogen-bond donors (Lipinski definition) is 4. The molecule has 0 bridgehead atoms. The lowest BCUT2D eigenvalue weighted by molar-refractivity contribution is -0.209. The van der Waals surface area contributed by atoms with Gasteiger partial charge in [0.05, 0.1) is 0 Å². The summed E-state index contributed by atoms with van der Waals surface area (Å²) in [6.07, 6.45) is -5.48. The molecule has 2 unspecified atom stereocenters. The minimum atomic E-state index is -4.74. The number of hydrogen-bond acceptors (Lipinski definition) is 6. The Kier molecular flexibility index (Phi) is 7.52. The van der Waals surface area contributed by atoms with Crippen LogP contribution in [0.15, 0.2) is 0 Å². The van der Waals surface area contributed by atoms with E-state index in [0.717, 1.165) is 12.8 Å². The highest BCUT2D eigenvalue weighted by Gasteiger charge is 2.78. The Bertz CT molecular complexity index is 1260. The van der Waals surface area contributed by atoms with Gasteiger partial charge in [-0.2, -0.15) is 13.2 Å². The van der Waals surface area contributed by atoms with Gasteiger partial charge in [-0.1, -0.05) is 41.5 Å². The highest BCUT2D eigenvalue weighted by molar-refractivity contribution is 5.96. The summed E-state index contributed by atoms with van der Waals surface area (Å²) in [5.74, 6) is -3.63. The number of primary amides is 1.